The molecular formula is C48H94NO8P. The van der Waals surface area contributed by atoms with E-state index in [1.54, 1.807) is 0 Å². The molecule has 0 aliphatic rings. The van der Waals surface area contributed by atoms with Crippen molar-refractivity contribution < 1.29 is 37.6 Å². The number of phosphoric ester groups is 1. The minimum absolute atomic E-state index is 0.0562. The van der Waals surface area contributed by atoms with Crippen LogP contribution in [0.25, 0.3) is 0 Å². The molecule has 0 aromatic heterocycles. The number of nitrogens with two attached hydrogens (primary N) is 1. The first-order valence-corrected chi connectivity index (χ1v) is 26.2. The molecule has 9 nitrogen and oxygen atoms in total. The highest BCUT2D eigenvalue weighted by molar-refractivity contribution is 7.47. The fraction of sp³-hybridized carbons (Fsp3) is 0.917. The molecule has 10 heteroatoms. The lowest BCUT2D eigenvalue weighted by Crippen LogP contribution is -2.29. The van der Waals surface area contributed by atoms with Gasteiger partial charge in [0, 0.05) is 19.4 Å². The molecule has 0 fully saturated rings. The van der Waals surface area contributed by atoms with Gasteiger partial charge in [0.15, 0.2) is 6.10 Å². The predicted molar refractivity (Wildman–Crippen MR) is 243 cm³/mol. The molecule has 58 heavy (non-hydrogen) atoms. The Hall–Kier alpha value is -1.25. The Bertz CT molecular complexity index is 964. The fourth-order valence-corrected chi connectivity index (χ4v) is 7.99. The fourth-order valence-electron chi connectivity index (χ4n) is 7.22. The SMILES string of the molecule is CCCCCCCC/C=C/CCCCCCCCCCCC(=O)O[C@H](COC(=O)CCCCCCCCCCCCCCCCCCCC)COP(=O)(O)OCCN. The molecule has 3 N–H and O–H groups in total. The summed E-state index contributed by atoms with van der Waals surface area (Å²) in [4.78, 5) is 35.0. The Morgan fingerprint density at radius 3 is 1.22 bits per heavy atom. The first-order chi connectivity index (χ1) is 28.3. The smallest absolute Gasteiger partial charge is 0.462 e. The van der Waals surface area contributed by atoms with Gasteiger partial charge in [-0.25, -0.2) is 4.57 Å². The van der Waals surface area contributed by atoms with Gasteiger partial charge in [0.1, 0.15) is 6.61 Å². The van der Waals surface area contributed by atoms with Crippen LogP contribution in [0, 0.1) is 0 Å². The maximum absolute atomic E-state index is 12.6. The lowest BCUT2D eigenvalue weighted by molar-refractivity contribution is -0.161. The lowest BCUT2D eigenvalue weighted by atomic mass is 10.0. The standard InChI is InChI=1S/C48H94NO8P/c1-3-5-7-9-11-13-15-17-19-21-23-25-27-29-31-33-35-37-39-41-48(51)57-46(45-56-58(52,53)55-43-42-49)44-54-47(50)40-38-36-34-32-30-28-26-24-22-20-18-16-14-12-10-8-6-4-2/h17,19,46H,3-16,18,20-45,49H2,1-2H3,(H,52,53)/b19-17+/t46-/m1/s1. The van der Waals surface area contributed by atoms with Crippen LogP contribution in [-0.2, 0) is 32.7 Å². The third-order valence-electron chi connectivity index (χ3n) is 10.9. The summed E-state index contributed by atoms with van der Waals surface area (Å²) in [5, 5.41) is 0. The lowest BCUT2D eigenvalue weighted by Gasteiger charge is -2.19. The van der Waals surface area contributed by atoms with E-state index in [2.05, 4.69) is 26.0 Å². The van der Waals surface area contributed by atoms with Crippen LogP contribution in [0.15, 0.2) is 12.2 Å². The number of unbranched alkanes of at least 4 members (excludes halogenated alkanes) is 32. The first-order valence-electron chi connectivity index (χ1n) is 24.7. The van der Waals surface area contributed by atoms with Crippen molar-refractivity contribution in [3.05, 3.63) is 12.2 Å². The highest BCUT2D eigenvalue weighted by Crippen LogP contribution is 2.43. The van der Waals surface area contributed by atoms with Crippen molar-refractivity contribution in [3.63, 3.8) is 0 Å². The van der Waals surface area contributed by atoms with Crippen LogP contribution in [0.2, 0.25) is 0 Å². The van der Waals surface area contributed by atoms with Crippen molar-refractivity contribution in [2.45, 2.75) is 258 Å². The molecular weight excluding hydrogens is 750 g/mol. The maximum atomic E-state index is 12.6. The van der Waals surface area contributed by atoms with Gasteiger partial charge in [-0.2, -0.15) is 0 Å². The number of carbonyl (C=O) groups is 2. The number of allylic oxidation sites excluding steroid dienone is 2. The van der Waals surface area contributed by atoms with Gasteiger partial charge in [0.05, 0.1) is 13.2 Å². The molecule has 0 amide bonds. The second-order valence-corrected chi connectivity index (χ2v) is 18.1. The number of hydrogen-bond acceptors (Lipinski definition) is 8. The zero-order valence-corrected chi connectivity index (χ0v) is 38.9. The van der Waals surface area contributed by atoms with Gasteiger partial charge in [-0.3, -0.25) is 18.6 Å². The van der Waals surface area contributed by atoms with Gasteiger partial charge in [-0.05, 0) is 38.5 Å². The van der Waals surface area contributed by atoms with E-state index < -0.39 is 26.5 Å². The van der Waals surface area contributed by atoms with Gasteiger partial charge in [0.25, 0.3) is 0 Å². The van der Waals surface area contributed by atoms with Gasteiger partial charge >= 0.3 is 19.8 Å². The van der Waals surface area contributed by atoms with Crippen LogP contribution in [0.3, 0.4) is 0 Å². The van der Waals surface area contributed by atoms with E-state index in [-0.39, 0.29) is 38.6 Å². The summed E-state index contributed by atoms with van der Waals surface area (Å²) in [5.41, 5.74) is 5.36. The Kier molecular flexibility index (Phi) is 44.3. The third-order valence-corrected chi connectivity index (χ3v) is 11.9. The number of rotatable bonds is 47. The summed E-state index contributed by atoms with van der Waals surface area (Å²) in [7, 11) is -4.38. The summed E-state index contributed by atoms with van der Waals surface area (Å²) >= 11 is 0. The normalized spacial score (nSPS) is 13.2. The molecule has 1 unspecified atom stereocenters. The topological polar surface area (TPSA) is 134 Å². The molecule has 0 aromatic rings. The maximum Gasteiger partial charge on any atom is 0.472 e. The zero-order chi connectivity index (χ0) is 42.5. The van der Waals surface area contributed by atoms with Crippen LogP contribution in [0.1, 0.15) is 251 Å². The van der Waals surface area contributed by atoms with Crippen molar-refractivity contribution >= 4 is 19.8 Å². The van der Waals surface area contributed by atoms with Gasteiger partial charge in [-0.15, -0.1) is 0 Å². The van der Waals surface area contributed by atoms with Crippen molar-refractivity contribution in [2.24, 2.45) is 5.73 Å². The summed E-state index contributed by atoms with van der Waals surface area (Å²) < 4.78 is 32.9. The second-order valence-electron chi connectivity index (χ2n) is 16.7. The van der Waals surface area contributed by atoms with Crippen LogP contribution >= 0.6 is 7.82 Å². The molecule has 0 rings (SSSR count). The van der Waals surface area contributed by atoms with Crippen molar-refractivity contribution in [1.29, 1.82) is 0 Å². The largest absolute Gasteiger partial charge is 0.472 e. The average Bonchev–Trinajstić information content (AvgIpc) is 3.21. The molecule has 2 atom stereocenters. The van der Waals surface area contributed by atoms with E-state index in [0.717, 1.165) is 38.5 Å². The van der Waals surface area contributed by atoms with Crippen LogP contribution in [0.4, 0.5) is 0 Å². The average molecular weight is 844 g/mol. The summed E-state index contributed by atoms with van der Waals surface area (Å²) in [6.45, 7) is 3.78. The highest BCUT2D eigenvalue weighted by Gasteiger charge is 2.26. The van der Waals surface area contributed by atoms with Crippen molar-refractivity contribution in [1.82, 2.24) is 0 Å². The molecule has 0 aliphatic carbocycles. The van der Waals surface area contributed by atoms with E-state index in [4.69, 9.17) is 24.3 Å². The Morgan fingerprint density at radius 2 is 0.845 bits per heavy atom. The van der Waals surface area contributed by atoms with Crippen molar-refractivity contribution in [3.8, 4) is 0 Å². The molecule has 0 aromatic carbocycles. The molecule has 0 saturated heterocycles. The summed E-state index contributed by atoms with van der Waals surface area (Å²) in [6.07, 6.45) is 48.1. The summed E-state index contributed by atoms with van der Waals surface area (Å²) in [6, 6.07) is 0. The van der Waals surface area contributed by atoms with Crippen molar-refractivity contribution in [2.75, 3.05) is 26.4 Å². The Labute approximate surface area is 358 Å². The van der Waals surface area contributed by atoms with Crippen LogP contribution in [0.5, 0.6) is 0 Å². The van der Waals surface area contributed by atoms with E-state index in [0.29, 0.717) is 6.42 Å². The molecule has 0 saturated carbocycles. The predicted octanol–water partition coefficient (Wildman–Crippen LogP) is 14.6. The van der Waals surface area contributed by atoms with E-state index >= 15 is 0 Å². The molecule has 0 spiro atoms. The molecule has 0 bridgehead atoms. The van der Waals surface area contributed by atoms with Crippen LogP contribution in [-0.4, -0.2) is 49.3 Å². The second kappa shape index (κ2) is 45.3. The monoisotopic (exact) mass is 844 g/mol. The Balaban J connectivity index is 4.04. The molecule has 0 heterocycles. The van der Waals surface area contributed by atoms with Gasteiger partial charge in [0.2, 0.25) is 0 Å². The molecule has 0 radical (unpaired) electrons. The first kappa shape index (κ1) is 56.8. The summed E-state index contributed by atoms with van der Waals surface area (Å²) in [5.74, 6) is -0.815. The zero-order valence-electron chi connectivity index (χ0n) is 38.1. The molecule has 0 aliphatic heterocycles. The number of carbonyl (C=O) groups excluding carboxylic acids is 2. The number of ether oxygens (including phenoxy) is 2. The minimum atomic E-state index is -4.38. The number of esters is 2. The Morgan fingerprint density at radius 1 is 0.500 bits per heavy atom. The van der Waals surface area contributed by atoms with Crippen LogP contribution < -0.4 is 5.73 Å². The van der Waals surface area contributed by atoms with E-state index in [1.165, 1.54) is 180 Å². The van der Waals surface area contributed by atoms with E-state index in [1.807, 2.05) is 0 Å². The van der Waals surface area contributed by atoms with E-state index in [9.17, 15) is 19.0 Å². The highest BCUT2D eigenvalue weighted by atomic mass is 31.2. The number of hydrogen-bond donors (Lipinski definition) is 2. The number of phosphoric acid groups is 1. The van der Waals surface area contributed by atoms with Gasteiger partial charge < -0.3 is 20.1 Å². The quantitative estimate of drug-likeness (QED) is 0.0266. The third kappa shape index (κ3) is 44.3. The minimum Gasteiger partial charge on any atom is -0.462 e. The van der Waals surface area contributed by atoms with Gasteiger partial charge in [-0.1, -0.05) is 212 Å². The molecule has 344 valence electrons.